The van der Waals surface area contributed by atoms with Gasteiger partial charge in [0.15, 0.2) is 0 Å². The molecule has 0 saturated heterocycles. The average Bonchev–Trinajstić information content (AvgIpc) is 1.03. The molecule has 0 radical (unpaired) electrons. The zero-order valence-electron chi connectivity index (χ0n) is 68.1. The first-order valence-corrected chi connectivity index (χ1v) is 37.3. The maximum Gasteiger partial charge on any atom is 0.322 e. The average molecular weight is 1660 g/mol. The lowest BCUT2D eigenvalue weighted by Crippen LogP contribution is -2.43. The van der Waals surface area contributed by atoms with Crippen LogP contribution in [-0.4, -0.2) is 198 Å². The Kier molecular flexibility index (Phi) is 58.3. The van der Waals surface area contributed by atoms with Gasteiger partial charge in [0.05, 0.1) is 109 Å². The van der Waals surface area contributed by atoms with Crippen LogP contribution >= 0.6 is 0 Å². The molecule has 0 aromatic heterocycles. The van der Waals surface area contributed by atoms with Crippen LogP contribution in [0, 0.1) is 29.6 Å². The second kappa shape index (κ2) is 66.1. The second-order valence-electron chi connectivity index (χ2n) is 25.8. The fourth-order valence-corrected chi connectivity index (χ4v) is 9.53. The van der Waals surface area contributed by atoms with Crippen molar-refractivity contribution in [3.8, 4) is 0 Å². The molecule has 7 atom stereocenters. The third-order valence-electron chi connectivity index (χ3n) is 15.9. The number of hydrogen-bond donors (Lipinski definition) is 10. The van der Waals surface area contributed by atoms with E-state index in [0.29, 0.717) is 19.6 Å². The summed E-state index contributed by atoms with van der Waals surface area (Å²) in [6, 6.07) is 64.3. The van der Waals surface area contributed by atoms with Crippen LogP contribution in [0.1, 0.15) is 78.0 Å². The molecular formula is C87H113N5O27. The number of Topliss-reactive ketones (excluding diaryl/α,β-unsaturated/α-hetero) is 1. The van der Waals surface area contributed by atoms with Crippen molar-refractivity contribution in [3.05, 3.63) is 251 Å². The van der Waals surface area contributed by atoms with Gasteiger partial charge in [-0.3, -0.25) is 52.7 Å². The van der Waals surface area contributed by atoms with Crippen LogP contribution in [0.5, 0.6) is 0 Å². The summed E-state index contributed by atoms with van der Waals surface area (Å²) in [6.45, 7) is 3.23. The number of nitrogens with two attached hydrogens (primary N) is 2. The lowest BCUT2D eigenvalue weighted by molar-refractivity contribution is -0.155. The summed E-state index contributed by atoms with van der Waals surface area (Å²) >= 11 is 0. The van der Waals surface area contributed by atoms with E-state index in [2.05, 4.69) is 20.7 Å². The van der Waals surface area contributed by atoms with Gasteiger partial charge in [-0.2, -0.15) is 0 Å². The number of aliphatic hydroxyl groups is 2. The van der Waals surface area contributed by atoms with Crippen LogP contribution in [0.4, 0.5) is 0 Å². The largest absolute Gasteiger partial charge is 0.481 e. The predicted molar refractivity (Wildman–Crippen MR) is 435 cm³/mol. The molecule has 0 unspecified atom stereocenters. The number of aliphatic hydroxyl groups excluding tert-OH is 2. The molecule has 119 heavy (non-hydrogen) atoms. The van der Waals surface area contributed by atoms with Crippen molar-refractivity contribution in [2.24, 2.45) is 41.1 Å². The Hall–Kier alpha value is -12.0. The molecule has 0 saturated carbocycles. The Morgan fingerprint density at radius 2 is 0.555 bits per heavy atom. The van der Waals surface area contributed by atoms with E-state index in [-0.39, 0.29) is 115 Å². The van der Waals surface area contributed by atoms with Gasteiger partial charge in [-0.1, -0.05) is 212 Å². The van der Waals surface area contributed by atoms with Gasteiger partial charge in [-0.25, -0.2) is 0 Å². The number of ether oxygens (including phenoxy) is 10. The minimum Gasteiger partial charge on any atom is -0.481 e. The number of carboxylic acid groups (broad SMARTS) is 3. The topological polar surface area (TPSA) is 486 Å². The molecule has 0 bridgehead atoms. The van der Waals surface area contributed by atoms with Crippen LogP contribution in [0.3, 0.4) is 0 Å². The minimum absolute atomic E-state index is 0.00420. The van der Waals surface area contributed by atoms with Crippen molar-refractivity contribution in [2.75, 3.05) is 88.9 Å². The third-order valence-corrected chi connectivity index (χ3v) is 15.9. The maximum atomic E-state index is 12.3. The Morgan fingerprint density at radius 1 is 0.303 bits per heavy atom. The highest BCUT2D eigenvalue weighted by Gasteiger charge is 2.27. The number of hydrogen-bond acceptors (Lipinski definition) is 26. The Morgan fingerprint density at radius 3 is 0.807 bits per heavy atom. The number of aliphatic carboxylic acids is 3. The van der Waals surface area contributed by atoms with Gasteiger partial charge in [-0.15, -0.1) is 0 Å². The summed E-state index contributed by atoms with van der Waals surface area (Å²) in [6.07, 6.45) is -0.349. The summed E-state index contributed by atoms with van der Waals surface area (Å²) in [5.41, 5.74) is 16.9. The van der Waals surface area contributed by atoms with Gasteiger partial charge in [0.25, 0.3) is 0 Å². The SMILES string of the molecule is COC[C@@H](CC(=O)OCc1ccccc1)C(=O)NCc1ccccc1.COC[C@@H](CC(=O)OCc1ccccc1)C(=O)O.COC[C@@H](CC(=O)OCc1ccccc1)C(=O)OC.COC[C@@H](CC(C)=O)C(=O)NCc1ccccc1.COC[C@@H](N)C(=O)NCc1ccccc1.N[C@H](CO)C(=O)O.O=C(C[C@H](CO)C(=O)O)OCc1ccccc1. The molecule has 648 valence electrons. The summed E-state index contributed by atoms with van der Waals surface area (Å²) in [4.78, 5) is 136. The molecule has 0 fully saturated rings. The van der Waals surface area contributed by atoms with E-state index < -0.39 is 103 Å². The zero-order valence-corrected chi connectivity index (χ0v) is 68.1. The summed E-state index contributed by atoms with van der Waals surface area (Å²) in [5, 5.41) is 50.5. The van der Waals surface area contributed by atoms with Crippen LogP contribution in [0.2, 0.25) is 0 Å². The van der Waals surface area contributed by atoms with Crippen molar-refractivity contribution >= 4 is 71.3 Å². The van der Waals surface area contributed by atoms with Gasteiger partial charge >= 0.3 is 47.8 Å². The Bertz CT molecular complexity index is 3970. The van der Waals surface area contributed by atoms with Crippen molar-refractivity contribution in [1.82, 2.24) is 16.0 Å². The van der Waals surface area contributed by atoms with E-state index in [1.165, 1.54) is 49.6 Å². The standard InChI is InChI=1S/C20H23NO4.C14H19NO3.C14H18O5.C13H16O5.C12H14O5.C11H16N2O2.C3H7NO3/c1-24-15-18(20(23)21-13-16-8-4-2-5-9-16)12-19(22)25-14-17-10-6-3-7-11-17;1-11(16)8-13(10-18-2)14(17)15-9-12-6-4-3-5-7-12;1-17-10-12(14(16)18-2)8-13(15)19-9-11-6-4-3-5-7-11;1-17-9-11(13(15)16)7-12(14)18-8-10-5-3-2-4-6-10;13-7-10(12(15)16)6-11(14)17-8-9-4-2-1-3-5-9;1-15-8-10(12)11(14)13-7-9-5-3-2-4-6-9;4-2(1-5)3(6)7/h2-11,18H,12-15H2,1H3,(H,21,23);3-7,13H,8-10H2,1-2H3,(H,15,17);3-7,12H,8-10H2,1-2H3;2-6,11H,7-9H2,1H3,(H,15,16);1-5,10,13H,6-8H2,(H,15,16);2-6,10H,7-8,12H2,1H3,(H,13,14);2,5H,1,4H2,(H,6,7)/t18-;13-;12-;11-;2*10-;2-/m1111111/s1. The highest BCUT2D eigenvalue weighted by Crippen LogP contribution is 2.15. The molecule has 7 aromatic rings. The van der Waals surface area contributed by atoms with Gasteiger partial charge < -0.3 is 105 Å². The summed E-state index contributed by atoms with van der Waals surface area (Å²) in [5.74, 6) is -10.1. The molecule has 7 aromatic carbocycles. The molecule has 32 heteroatoms. The minimum atomic E-state index is -1.20. The fraction of sp³-hybridized carbons (Fsp3) is 0.379. The molecular weight excluding hydrogens is 1550 g/mol. The predicted octanol–water partition coefficient (Wildman–Crippen LogP) is 6.75. The molecule has 0 spiro atoms. The quantitative estimate of drug-likeness (QED) is 0.0140. The van der Waals surface area contributed by atoms with E-state index in [1.54, 1.807) is 12.1 Å². The number of esters is 5. The van der Waals surface area contributed by atoms with Crippen molar-refractivity contribution in [2.45, 2.75) is 97.2 Å². The van der Waals surface area contributed by atoms with E-state index in [0.717, 1.165) is 38.9 Å². The Labute approximate surface area is 693 Å². The summed E-state index contributed by atoms with van der Waals surface area (Å²) < 4.78 is 49.3. The normalized spacial score (nSPS) is 11.9. The van der Waals surface area contributed by atoms with Gasteiger partial charge in [-0.05, 0) is 45.9 Å². The van der Waals surface area contributed by atoms with E-state index in [4.69, 9.17) is 79.6 Å². The fourth-order valence-electron chi connectivity index (χ4n) is 9.53. The Balaban J connectivity index is 0.000000707. The number of amides is 3. The summed E-state index contributed by atoms with van der Waals surface area (Å²) in [7, 11) is 8.69. The lowest BCUT2D eigenvalue weighted by atomic mass is 10.0. The monoisotopic (exact) mass is 1660 g/mol. The number of carboxylic acids is 3. The number of ketones is 1. The van der Waals surface area contributed by atoms with Crippen LogP contribution < -0.4 is 27.4 Å². The first-order valence-electron chi connectivity index (χ1n) is 37.3. The molecule has 12 N–H and O–H groups in total. The van der Waals surface area contributed by atoms with Crippen molar-refractivity contribution in [3.63, 3.8) is 0 Å². The smallest absolute Gasteiger partial charge is 0.322 e. The van der Waals surface area contributed by atoms with Crippen LogP contribution in [-0.2, 0) is 151 Å². The first-order chi connectivity index (χ1) is 57.2. The number of benzene rings is 7. The molecule has 7 rings (SSSR count). The van der Waals surface area contributed by atoms with E-state index in [1.807, 2.05) is 200 Å². The lowest BCUT2D eigenvalue weighted by Gasteiger charge is -2.15. The van der Waals surface area contributed by atoms with E-state index in [9.17, 15) is 57.5 Å². The molecule has 3 amide bonds. The third kappa shape index (κ3) is 52.4. The number of methoxy groups -OCH3 is 6. The molecule has 0 aliphatic rings. The highest BCUT2D eigenvalue weighted by atomic mass is 16.6. The van der Waals surface area contributed by atoms with Gasteiger partial charge in [0, 0.05) is 61.6 Å². The molecule has 32 nitrogen and oxygen atoms in total. The first kappa shape index (κ1) is 105. The van der Waals surface area contributed by atoms with Crippen LogP contribution in [0.15, 0.2) is 212 Å². The van der Waals surface area contributed by atoms with Gasteiger partial charge in [0.2, 0.25) is 17.7 Å². The highest BCUT2D eigenvalue weighted by molar-refractivity contribution is 5.86. The van der Waals surface area contributed by atoms with Crippen LogP contribution in [0.25, 0.3) is 0 Å². The van der Waals surface area contributed by atoms with Gasteiger partial charge in [0.1, 0.15) is 44.3 Å². The molecule has 0 aliphatic heterocycles. The number of rotatable bonds is 43. The molecule has 0 heterocycles. The number of nitrogens with one attached hydrogen (secondary N) is 3. The maximum absolute atomic E-state index is 12.3. The second-order valence-corrected chi connectivity index (χ2v) is 25.8. The van der Waals surface area contributed by atoms with Crippen molar-refractivity contribution < 1.29 is 130 Å². The van der Waals surface area contributed by atoms with E-state index >= 15 is 0 Å². The number of carbonyl (C=O) groups excluding carboxylic acids is 9. The zero-order chi connectivity index (χ0) is 88.4. The van der Waals surface area contributed by atoms with Crippen molar-refractivity contribution in [1.29, 1.82) is 0 Å². The molecule has 0 aliphatic carbocycles. The number of carbonyl (C=O) groups is 12.